The monoisotopic (exact) mass is 256 g/mol. The minimum Gasteiger partial charge on any atom is -0.342 e. The number of nitrogens with one attached hydrogen (secondary N) is 1. The van der Waals surface area contributed by atoms with Gasteiger partial charge < -0.3 is 4.98 Å². The number of rotatable bonds is 3. The van der Waals surface area contributed by atoms with E-state index in [-0.39, 0.29) is 5.78 Å². The van der Waals surface area contributed by atoms with E-state index < -0.39 is 0 Å². The lowest BCUT2D eigenvalue weighted by atomic mass is 9.89. The summed E-state index contributed by atoms with van der Waals surface area (Å²) < 4.78 is 0. The number of aromatic amines is 1. The highest BCUT2D eigenvalue weighted by molar-refractivity contribution is 5.98. The Morgan fingerprint density at radius 1 is 1.32 bits per heavy atom. The number of Topliss-reactive ketones (excluding diaryl/α,β-unsaturated/α-hetero) is 1. The standard InChI is InChI=1S/C16H20N2O/c1-2-15(19)12-8-9-13-14(10-12)18-16(17-13)11-6-4-3-5-7-11/h8-11H,2-7H2,1H3,(H,17,18). The Morgan fingerprint density at radius 2 is 2.11 bits per heavy atom. The van der Waals surface area contributed by atoms with Gasteiger partial charge >= 0.3 is 0 Å². The van der Waals surface area contributed by atoms with Crippen molar-refractivity contribution in [2.75, 3.05) is 0 Å². The minimum absolute atomic E-state index is 0.190. The Labute approximate surface area is 113 Å². The van der Waals surface area contributed by atoms with Crippen LogP contribution >= 0.6 is 0 Å². The summed E-state index contributed by atoms with van der Waals surface area (Å²) in [5.74, 6) is 1.87. The molecule has 1 aromatic heterocycles. The van der Waals surface area contributed by atoms with E-state index in [0.29, 0.717) is 12.3 Å². The fourth-order valence-electron chi connectivity index (χ4n) is 2.98. The largest absolute Gasteiger partial charge is 0.342 e. The molecule has 100 valence electrons. The number of nitrogens with zero attached hydrogens (tertiary/aromatic N) is 1. The van der Waals surface area contributed by atoms with Crippen molar-refractivity contribution in [3.05, 3.63) is 29.6 Å². The van der Waals surface area contributed by atoms with Crippen LogP contribution in [0.15, 0.2) is 18.2 Å². The maximum Gasteiger partial charge on any atom is 0.162 e. The van der Waals surface area contributed by atoms with Crippen molar-refractivity contribution in [1.29, 1.82) is 0 Å². The molecule has 1 aromatic carbocycles. The lowest BCUT2D eigenvalue weighted by molar-refractivity contribution is 0.0988. The van der Waals surface area contributed by atoms with E-state index in [9.17, 15) is 4.79 Å². The number of carbonyl (C=O) groups is 1. The summed E-state index contributed by atoms with van der Waals surface area (Å²) in [5, 5.41) is 0. The average Bonchev–Trinajstić information content (AvgIpc) is 2.90. The molecule has 0 radical (unpaired) electrons. The van der Waals surface area contributed by atoms with Crippen LogP contribution in [0.2, 0.25) is 0 Å². The van der Waals surface area contributed by atoms with Crippen LogP contribution in [0.1, 0.15) is 67.5 Å². The lowest BCUT2D eigenvalue weighted by Crippen LogP contribution is -2.05. The Kier molecular flexibility index (Phi) is 3.36. The number of carbonyl (C=O) groups excluding carboxylic acids is 1. The molecule has 3 rings (SSSR count). The van der Waals surface area contributed by atoms with Crippen molar-refractivity contribution in [1.82, 2.24) is 9.97 Å². The lowest BCUT2D eigenvalue weighted by Gasteiger charge is -2.18. The molecule has 2 aromatic rings. The first-order valence-corrected chi connectivity index (χ1v) is 7.31. The zero-order chi connectivity index (χ0) is 13.2. The summed E-state index contributed by atoms with van der Waals surface area (Å²) in [6.07, 6.45) is 6.99. The van der Waals surface area contributed by atoms with Crippen molar-refractivity contribution < 1.29 is 4.79 Å². The third-order valence-corrected chi connectivity index (χ3v) is 4.14. The van der Waals surface area contributed by atoms with Gasteiger partial charge in [0.25, 0.3) is 0 Å². The predicted octanol–water partition coefficient (Wildman–Crippen LogP) is 4.20. The van der Waals surface area contributed by atoms with Crippen LogP contribution in [0.5, 0.6) is 0 Å². The van der Waals surface area contributed by atoms with Gasteiger partial charge in [-0.05, 0) is 31.0 Å². The fraction of sp³-hybridized carbons (Fsp3) is 0.500. The SMILES string of the molecule is CCC(=O)c1ccc2nc(C3CCCCC3)[nH]c2c1. The van der Waals surface area contributed by atoms with Crippen LogP contribution in [0, 0.1) is 0 Å². The first-order valence-electron chi connectivity index (χ1n) is 7.31. The molecule has 0 bridgehead atoms. The molecule has 0 aliphatic heterocycles. The zero-order valence-corrected chi connectivity index (χ0v) is 11.4. The number of aromatic nitrogens is 2. The molecule has 3 nitrogen and oxygen atoms in total. The average molecular weight is 256 g/mol. The van der Waals surface area contributed by atoms with Gasteiger partial charge in [0.2, 0.25) is 0 Å². The normalized spacial score (nSPS) is 16.9. The molecule has 1 fully saturated rings. The summed E-state index contributed by atoms with van der Waals surface area (Å²) in [4.78, 5) is 19.8. The molecule has 0 spiro atoms. The molecule has 0 amide bonds. The van der Waals surface area contributed by atoms with Crippen LogP contribution in [-0.4, -0.2) is 15.8 Å². The maximum absolute atomic E-state index is 11.7. The van der Waals surface area contributed by atoms with Crippen LogP contribution < -0.4 is 0 Å². The first kappa shape index (κ1) is 12.4. The number of hydrogen-bond donors (Lipinski definition) is 1. The van der Waals surface area contributed by atoms with Gasteiger partial charge in [0, 0.05) is 17.9 Å². The van der Waals surface area contributed by atoms with Crippen molar-refractivity contribution >= 4 is 16.8 Å². The molecular weight excluding hydrogens is 236 g/mol. The number of fused-ring (bicyclic) bond motifs is 1. The molecule has 0 unspecified atom stereocenters. The first-order chi connectivity index (χ1) is 9.28. The van der Waals surface area contributed by atoms with Crippen molar-refractivity contribution in [3.8, 4) is 0 Å². The van der Waals surface area contributed by atoms with E-state index in [1.54, 1.807) is 0 Å². The Morgan fingerprint density at radius 3 is 2.84 bits per heavy atom. The zero-order valence-electron chi connectivity index (χ0n) is 11.4. The highest BCUT2D eigenvalue weighted by atomic mass is 16.1. The van der Waals surface area contributed by atoms with Gasteiger partial charge in [0.05, 0.1) is 11.0 Å². The second kappa shape index (κ2) is 5.16. The Balaban J connectivity index is 1.93. The smallest absolute Gasteiger partial charge is 0.162 e. The number of H-pyrrole nitrogens is 1. The van der Waals surface area contributed by atoms with Crippen LogP contribution in [0.3, 0.4) is 0 Å². The van der Waals surface area contributed by atoms with E-state index in [1.807, 2.05) is 25.1 Å². The number of ketones is 1. The van der Waals surface area contributed by atoms with Gasteiger partial charge in [0.15, 0.2) is 5.78 Å². The summed E-state index contributed by atoms with van der Waals surface area (Å²) in [6, 6.07) is 5.79. The van der Waals surface area contributed by atoms with Gasteiger partial charge in [-0.2, -0.15) is 0 Å². The molecule has 1 aliphatic rings. The van der Waals surface area contributed by atoms with Gasteiger partial charge in [-0.15, -0.1) is 0 Å². The molecule has 0 saturated heterocycles. The third-order valence-electron chi connectivity index (χ3n) is 4.14. The molecule has 1 heterocycles. The third kappa shape index (κ3) is 2.42. The van der Waals surface area contributed by atoms with Crippen molar-refractivity contribution in [3.63, 3.8) is 0 Å². The summed E-state index contributed by atoms with van der Waals surface area (Å²) in [5.41, 5.74) is 2.77. The van der Waals surface area contributed by atoms with Gasteiger partial charge in [-0.1, -0.05) is 26.2 Å². The van der Waals surface area contributed by atoms with Crippen LogP contribution in [-0.2, 0) is 0 Å². The molecular formula is C16H20N2O. The minimum atomic E-state index is 0.190. The van der Waals surface area contributed by atoms with E-state index in [1.165, 1.54) is 32.1 Å². The van der Waals surface area contributed by atoms with Crippen LogP contribution in [0.4, 0.5) is 0 Å². The molecule has 1 aliphatic carbocycles. The number of hydrogen-bond acceptors (Lipinski definition) is 2. The second-order valence-corrected chi connectivity index (χ2v) is 5.47. The van der Waals surface area contributed by atoms with Crippen LogP contribution in [0.25, 0.3) is 11.0 Å². The molecule has 1 N–H and O–H groups in total. The summed E-state index contributed by atoms with van der Waals surface area (Å²) >= 11 is 0. The summed E-state index contributed by atoms with van der Waals surface area (Å²) in [6.45, 7) is 1.90. The molecule has 1 saturated carbocycles. The van der Waals surface area contributed by atoms with E-state index in [4.69, 9.17) is 4.98 Å². The Bertz CT molecular complexity index is 594. The molecule has 19 heavy (non-hydrogen) atoms. The second-order valence-electron chi connectivity index (χ2n) is 5.47. The van der Waals surface area contributed by atoms with Crippen molar-refractivity contribution in [2.45, 2.75) is 51.4 Å². The number of imidazole rings is 1. The molecule has 0 atom stereocenters. The maximum atomic E-state index is 11.7. The highest BCUT2D eigenvalue weighted by Crippen LogP contribution is 2.32. The number of benzene rings is 1. The summed E-state index contributed by atoms with van der Waals surface area (Å²) in [7, 11) is 0. The topological polar surface area (TPSA) is 45.8 Å². The van der Waals surface area contributed by atoms with Crippen molar-refractivity contribution in [2.24, 2.45) is 0 Å². The molecule has 3 heteroatoms. The quantitative estimate of drug-likeness (QED) is 0.836. The van der Waals surface area contributed by atoms with Gasteiger partial charge in [-0.3, -0.25) is 4.79 Å². The van der Waals surface area contributed by atoms with E-state index in [0.717, 1.165) is 22.4 Å². The Hall–Kier alpha value is -1.64. The highest BCUT2D eigenvalue weighted by Gasteiger charge is 2.19. The van der Waals surface area contributed by atoms with E-state index in [2.05, 4.69) is 4.98 Å². The van der Waals surface area contributed by atoms with Gasteiger partial charge in [0.1, 0.15) is 5.82 Å². The fourth-order valence-corrected chi connectivity index (χ4v) is 2.98. The predicted molar refractivity (Wildman–Crippen MR) is 76.5 cm³/mol. The van der Waals surface area contributed by atoms with Gasteiger partial charge in [-0.25, -0.2) is 4.98 Å². The van der Waals surface area contributed by atoms with E-state index >= 15 is 0 Å².